The average Bonchev–Trinajstić information content (AvgIpc) is 3.60. The predicted molar refractivity (Wildman–Crippen MR) is 203 cm³/mol. The summed E-state index contributed by atoms with van der Waals surface area (Å²) in [5.41, 5.74) is 2.02. The largest absolute Gasteiger partial charge is 0.496 e. The number of amides is 3. The zero-order valence-corrected chi connectivity index (χ0v) is 30.6. The van der Waals surface area contributed by atoms with Gasteiger partial charge in [-0.25, -0.2) is 0 Å². The fourth-order valence-corrected chi connectivity index (χ4v) is 7.12. The van der Waals surface area contributed by atoms with Gasteiger partial charge in [0, 0.05) is 39.3 Å². The van der Waals surface area contributed by atoms with E-state index in [1.54, 1.807) is 60.7 Å². The number of thioether (sulfide) groups is 2. The molecule has 1 atom stereocenters. The molecule has 262 valence electrons. The van der Waals surface area contributed by atoms with Gasteiger partial charge in [0.05, 0.1) is 21.3 Å². The molecule has 0 saturated heterocycles. The molecule has 0 fully saturated rings. The number of nitrogens with zero attached hydrogens (tertiary/aromatic N) is 2. The Kier molecular flexibility index (Phi) is 13.1. The first-order valence-electron chi connectivity index (χ1n) is 15.6. The Balaban J connectivity index is 1.42. The first kappa shape index (κ1) is 37.0. The van der Waals surface area contributed by atoms with E-state index in [2.05, 4.69) is 25.3 Å². The van der Waals surface area contributed by atoms with Crippen molar-refractivity contribution in [3.63, 3.8) is 0 Å². The van der Waals surface area contributed by atoms with E-state index in [0.717, 1.165) is 27.7 Å². The van der Waals surface area contributed by atoms with Crippen molar-refractivity contribution in [1.29, 1.82) is 0 Å². The molecule has 51 heavy (non-hydrogen) atoms. The van der Waals surface area contributed by atoms with Crippen LogP contribution in [0.15, 0.2) is 113 Å². The smallest absolute Gasteiger partial charge is 0.272 e. The third-order valence-corrected chi connectivity index (χ3v) is 9.89. The highest BCUT2D eigenvalue weighted by molar-refractivity contribution is 8.00. The first-order chi connectivity index (χ1) is 24.8. The molecule has 0 spiro atoms. The SMILES string of the molecule is CCSc1nsc(NC(=O)C(Sc2cccc(NC(=O)/C(=C\c3cc(OC)c(OC)cc3OC)NC(=O)c3ccccc3)c2)c2ccccc2)n1. The molecule has 0 bridgehead atoms. The van der Waals surface area contributed by atoms with Gasteiger partial charge < -0.3 is 24.8 Å². The Bertz CT molecular complexity index is 2010. The molecule has 1 heterocycles. The molecule has 5 aromatic rings. The number of carbonyl (C=O) groups excluding carboxylic acids is 3. The zero-order chi connectivity index (χ0) is 36.2. The van der Waals surface area contributed by atoms with Gasteiger partial charge in [0.15, 0.2) is 11.5 Å². The van der Waals surface area contributed by atoms with Crippen LogP contribution in [-0.4, -0.2) is 54.2 Å². The summed E-state index contributed by atoms with van der Waals surface area (Å²) in [6, 6.07) is 28.4. The van der Waals surface area contributed by atoms with E-state index in [0.29, 0.717) is 44.4 Å². The van der Waals surface area contributed by atoms with Crippen molar-refractivity contribution in [3.8, 4) is 17.2 Å². The Hall–Kier alpha value is -5.31. The lowest BCUT2D eigenvalue weighted by atomic mass is 10.1. The summed E-state index contributed by atoms with van der Waals surface area (Å²) in [5.74, 6) is 0.728. The van der Waals surface area contributed by atoms with Gasteiger partial charge in [-0.15, -0.1) is 11.8 Å². The van der Waals surface area contributed by atoms with E-state index in [4.69, 9.17) is 14.2 Å². The third kappa shape index (κ3) is 9.90. The standard InChI is InChI=1S/C37H35N5O6S3/c1-5-49-37-41-36(51-42-37)40-35(45)32(23-13-8-6-9-14-23)50-27-18-12-17-26(21-27)38-34(44)28(39-33(43)24-15-10-7-11-16-24)19-25-20-30(47-3)31(48-4)22-29(25)46-2/h6-22,32H,5H2,1-4H3,(H,38,44)(H,39,43)(H,40,41,42,45)/b28-19+. The Morgan fingerprint density at radius 2 is 1.51 bits per heavy atom. The van der Waals surface area contributed by atoms with Gasteiger partial charge in [-0.1, -0.05) is 73.3 Å². The highest BCUT2D eigenvalue weighted by Crippen LogP contribution is 2.38. The summed E-state index contributed by atoms with van der Waals surface area (Å²) in [6.45, 7) is 2.01. The molecule has 0 aliphatic carbocycles. The predicted octanol–water partition coefficient (Wildman–Crippen LogP) is 7.56. The number of aromatic nitrogens is 2. The summed E-state index contributed by atoms with van der Waals surface area (Å²) in [7, 11) is 4.50. The Morgan fingerprint density at radius 1 is 0.824 bits per heavy atom. The van der Waals surface area contributed by atoms with Crippen molar-refractivity contribution in [2.24, 2.45) is 0 Å². The fraction of sp³-hybridized carbons (Fsp3) is 0.162. The van der Waals surface area contributed by atoms with Crippen LogP contribution in [0.1, 0.15) is 33.7 Å². The van der Waals surface area contributed by atoms with Crippen LogP contribution in [0.2, 0.25) is 0 Å². The number of anilines is 2. The fourth-order valence-electron chi connectivity index (χ4n) is 4.77. The summed E-state index contributed by atoms with van der Waals surface area (Å²) in [4.78, 5) is 45.9. The average molecular weight is 742 g/mol. The topological polar surface area (TPSA) is 141 Å². The van der Waals surface area contributed by atoms with Crippen molar-refractivity contribution in [2.45, 2.75) is 22.2 Å². The van der Waals surface area contributed by atoms with Crippen LogP contribution >= 0.6 is 35.1 Å². The van der Waals surface area contributed by atoms with Gasteiger partial charge in [-0.05, 0) is 53.8 Å². The molecule has 0 aliphatic heterocycles. The van der Waals surface area contributed by atoms with Crippen LogP contribution in [-0.2, 0) is 9.59 Å². The van der Waals surface area contributed by atoms with E-state index in [1.165, 1.54) is 50.9 Å². The van der Waals surface area contributed by atoms with Gasteiger partial charge in [-0.3, -0.25) is 19.7 Å². The molecule has 0 aliphatic rings. The third-order valence-electron chi connectivity index (χ3n) is 7.16. The molecular weight excluding hydrogens is 707 g/mol. The quantitative estimate of drug-likeness (QED) is 0.0728. The molecule has 14 heteroatoms. The lowest BCUT2D eigenvalue weighted by Gasteiger charge is -2.17. The maximum atomic E-state index is 13.9. The zero-order valence-electron chi connectivity index (χ0n) is 28.2. The van der Waals surface area contributed by atoms with Crippen molar-refractivity contribution in [2.75, 3.05) is 37.7 Å². The molecule has 5 rings (SSSR count). The summed E-state index contributed by atoms with van der Waals surface area (Å²) in [6.07, 6.45) is 1.50. The monoisotopic (exact) mass is 741 g/mol. The molecular formula is C37H35N5O6S3. The van der Waals surface area contributed by atoms with Crippen LogP contribution in [0.25, 0.3) is 6.08 Å². The molecule has 0 radical (unpaired) electrons. The minimum absolute atomic E-state index is 0.0494. The first-order valence-corrected chi connectivity index (χ1v) is 18.2. The van der Waals surface area contributed by atoms with E-state index < -0.39 is 17.1 Å². The normalized spacial score (nSPS) is 11.6. The maximum Gasteiger partial charge on any atom is 0.272 e. The van der Waals surface area contributed by atoms with Gasteiger partial charge in [0.1, 0.15) is 16.7 Å². The molecule has 11 nitrogen and oxygen atoms in total. The molecule has 0 saturated carbocycles. The second-order valence-electron chi connectivity index (χ2n) is 10.5. The molecule has 1 aromatic heterocycles. The highest BCUT2D eigenvalue weighted by atomic mass is 32.2. The van der Waals surface area contributed by atoms with Crippen molar-refractivity contribution < 1.29 is 28.6 Å². The number of ether oxygens (including phenoxy) is 3. The van der Waals surface area contributed by atoms with Gasteiger partial charge >= 0.3 is 0 Å². The van der Waals surface area contributed by atoms with E-state index >= 15 is 0 Å². The van der Waals surface area contributed by atoms with E-state index in [-0.39, 0.29) is 11.6 Å². The summed E-state index contributed by atoms with van der Waals surface area (Å²) < 4.78 is 20.7. The number of methoxy groups -OCH3 is 3. The lowest BCUT2D eigenvalue weighted by molar-refractivity contribution is -0.116. The molecule has 3 N–H and O–H groups in total. The molecule has 1 unspecified atom stereocenters. The number of hydrogen-bond donors (Lipinski definition) is 3. The van der Waals surface area contributed by atoms with Crippen molar-refractivity contribution in [1.82, 2.24) is 14.7 Å². The highest BCUT2D eigenvalue weighted by Gasteiger charge is 2.24. The second kappa shape index (κ2) is 18.1. The van der Waals surface area contributed by atoms with Gasteiger partial charge in [0.2, 0.25) is 16.2 Å². The van der Waals surface area contributed by atoms with Crippen LogP contribution in [0.4, 0.5) is 10.8 Å². The van der Waals surface area contributed by atoms with Crippen LogP contribution in [0, 0.1) is 0 Å². The molecule has 4 aromatic carbocycles. The number of carbonyl (C=O) groups is 3. The van der Waals surface area contributed by atoms with Crippen molar-refractivity contribution >= 4 is 69.7 Å². The second-order valence-corrected chi connectivity index (χ2v) is 13.7. The van der Waals surface area contributed by atoms with Crippen LogP contribution < -0.4 is 30.2 Å². The van der Waals surface area contributed by atoms with E-state index in [9.17, 15) is 14.4 Å². The van der Waals surface area contributed by atoms with Crippen molar-refractivity contribution in [3.05, 3.63) is 119 Å². The number of hydrogen-bond acceptors (Lipinski definition) is 11. The minimum atomic E-state index is -0.638. The van der Waals surface area contributed by atoms with E-state index in [1.807, 2.05) is 43.3 Å². The lowest BCUT2D eigenvalue weighted by Crippen LogP contribution is -2.30. The molecule has 3 amide bonds. The van der Waals surface area contributed by atoms with Crippen LogP contribution in [0.5, 0.6) is 17.2 Å². The maximum absolute atomic E-state index is 13.9. The Labute approximate surface area is 308 Å². The van der Waals surface area contributed by atoms with Crippen LogP contribution in [0.3, 0.4) is 0 Å². The number of rotatable bonds is 15. The summed E-state index contributed by atoms with van der Waals surface area (Å²) in [5, 5.41) is 8.94. The van der Waals surface area contributed by atoms with Gasteiger partial charge in [-0.2, -0.15) is 9.36 Å². The summed E-state index contributed by atoms with van der Waals surface area (Å²) >= 11 is 3.95. The number of nitrogens with one attached hydrogen (secondary N) is 3. The Morgan fingerprint density at radius 3 is 2.20 bits per heavy atom. The number of benzene rings is 4. The van der Waals surface area contributed by atoms with Gasteiger partial charge in [0.25, 0.3) is 11.8 Å². The minimum Gasteiger partial charge on any atom is -0.496 e.